The summed E-state index contributed by atoms with van der Waals surface area (Å²) in [5.74, 6) is -1.77. The highest BCUT2D eigenvalue weighted by atomic mass is 35.5. The highest BCUT2D eigenvalue weighted by Gasteiger charge is 2.22. The molecule has 0 saturated heterocycles. The minimum atomic E-state index is -1.19. The fourth-order valence-electron chi connectivity index (χ4n) is 3.00. The third-order valence-electron chi connectivity index (χ3n) is 4.24. The Labute approximate surface area is 166 Å². The number of carboxylic acid groups (broad SMARTS) is 2. The maximum atomic E-state index is 11.8. The van der Waals surface area contributed by atoms with E-state index in [9.17, 15) is 19.8 Å². The normalized spacial score (nSPS) is 10.5. The lowest BCUT2D eigenvalue weighted by Crippen LogP contribution is -2.09. The second-order valence-corrected chi connectivity index (χ2v) is 6.68. The first-order valence-corrected chi connectivity index (χ1v) is 8.82. The molecule has 0 radical (unpaired) electrons. The Morgan fingerprint density at radius 1 is 0.929 bits per heavy atom. The highest BCUT2D eigenvalue weighted by molar-refractivity contribution is 6.30. The van der Waals surface area contributed by atoms with Gasteiger partial charge in [0.15, 0.2) is 0 Å². The molecule has 3 rings (SSSR count). The van der Waals surface area contributed by atoms with Gasteiger partial charge in [-0.1, -0.05) is 35.9 Å². The lowest BCUT2D eigenvalue weighted by atomic mass is 9.89. The number of hydrogen-bond acceptors (Lipinski definition) is 3. The molecule has 0 amide bonds. The zero-order valence-electron chi connectivity index (χ0n) is 15.0. The molecule has 3 aromatic carbocycles. The van der Waals surface area contributed by atoms with E-state index in [-0.39, 0.29) is 23.3 Å². The van der Waals surface area contributed by atoms with Crippen LogP contribution in [-0.2, 0) is 6.61 Å². The van der Waals surface area contributed by atoms with E-state index in [1.54, 1.807) is 55.5 Å². The molecule has 0 heterocycles. The summed E-state index contributed by atoms with van der Waals surface area (Å²) in [5.41, 5.74) is 1.79. The van der Waals surface area contributed by atoms with Crippen LogP contribution in [0.3, 0.4) is 0 Å². The lowest BCUT2D eigenvalue weighted by Gasteiger charge is -2.16. The van der Waals surface area contributed by atoms with E-state index >= 15 is 0 Å². The van der Waals surface area contributed by atoms with Crippen molar-refractivity contribution < 1.29 is 24.5 Å². The van der Waals surface area contributed by atoms with Gasteiger partial charge in [-0.2, -0.15) is 0 Å². The van der Waals surface area contributed by atoms with Crippen LogP contribution in [0.15, 0.2) is 60.7 Å². The highest BCUT2D eigenvalue weighted by Crippen LogP contribution is 2.33. The number of halogens is 1. The van der Waals surface area contributed by atoms with Gasteiger partial charge < -0.3 is 14.9 Å². The van der Waals surface area contributed by atoms with Crippen LogP contribution in [0, 0.1) is 6.92 Å². The number of rotatable bonds is 6. The van der Waals surface area contributed by atoms with Gasteiger partial charge in [-0.15, -0.1) is 0 Å². The molecule has 0 fully saturated rings. The predicted molar refractivity (Wildman–Crippen MR) is 106 cm³/mol. The zero-order valence-corrected chi connectivity index (χ0v) is 15.7. The number of ether oxygens (including phenoxy) is 1. The third-order valence-corrected chi connectivity index (χ3v) is 4.49. The molecule has 0 aliphatic carbocycles. The van der Waals surface area contributed by atoms with E-state index in [1.807, 2.05) is 0 Å². The smallest absolute Gasteiger partial charge is 0.336 e. The Morgan fingerprint density at radius 3 is 2.07 bits per heavy atom. The van der Waals surface area contributed by atoms with Gasteiger partial charge in [0.25, 0.3) is 0 Å². The molecule has 0 aromatic heterocycles. The van der Waals surface area contributed by atoms with Crippen molar-refractivity contribution in [3.8, 4) is 16.9 Å². The van der Waals surface area contributed by atoms with Crippen LogP contribution >= 0.6 is 11.6 Å². The van der Waals surface area contributed by atoms with Crippen molar-refractivity contribution in [2.45, 2.75) is 13.5 Å². The van der Waals surface area contributed by atoms with Crippen molar-refractivity contribution in [3.05, 3.63) is 87.9 Å². The van der Waals surface area contributed by atoms with Gasteiger partial charge in [0, 0.05) is 10.6 Å². The molecule has 0 unspecified atom stereocenters. The van der Waals surface area contributed by atoms with Crippen LogP contribution in [0.25, 0.3) is 11.1 Å². The quantitative estimate of drug-likeness (QED) is 0.591. The van der Waals surface area contributed by atoms with E-state index in [2.05, 4.69) is 0 Å². The molecule has 28 heavy (non-hydrogen) atoms. The first-order chi connectivity index (χ1) is 13.4. The van der Waals surface area contributed by atoms with Crippen LogP contribution in [0.2, 0.25) is 5.02 Å². The molecule has 3 aromatic rings. The molecule has 0 aliphatic rings. The SMILES string of the molecule is Cc1cc(C(=O)O)c(-c2ccccc2COc2ccc(Cl)cc2)c(C(=O)O)c1. The van der Waals surface area contributed by atoms with E-state index in [4.69, 9.17) is 16.3 Å². The maximum absolute atomic E-state index is 11.8. The Morgan fingerprint density at radius 2 is 1.50 bits per heavy atom. The number of carboxylic acids is 2. The van der Waals surface area contributed by atoms with Gasteiger partial charge in [-0.3, -0.25) is 0 Å². The first-order valence-electron chi connectivity index (χ1n) is 8.44. The number of carbonyl (C=O) groups is 2. The summed E-state index contributed by atoms with van der Waals surface area (Å²) < 4.78 is 5.78. The molecule has 142 valence electrons. The fraction of sp³-hybridized carbons (Fsp3) is 0.0909. The largest absolute Gasteiger partial charge is 0.489 e. The number of aromatic carboxylic acids is 2. The minimum absolute atomic E-state index is 0.0589. The second-order valence-electron chi connectivity index (χ2n) is 6.25. The average molecular weight is 397 g/mol. The molecular formula is C22H17ClO5. The van der Waals surface area contributed by atoms with Crippen molar-refractivity contribution in [2.24, 2.45) is 0 Å². The second kappa shape index (κ2) is 8.15. The van der Waals surface area contributed by atoms with E-state index in [0.717, 1.165) is 0 Å². The summed E-state index contributed by atoms with van der Waals surface area (Å²) in [6, 6.07) is 16.8. The van der Waals surface area contributed by atoms with Gasteiger partial charge >= 0.3 is 11.9 Å². The van der Waals surface area contributed by atoms with E-state index in [0.29, 0.717) is 27.5 Å². The molecule has 6 heteroatoms. The number of aryl methyl sites for hydroxylation is 1. The van der Waals surface area contributed by atoms with Crippen LogP contribution in [0.1, 0.15) is 31.8 Å². The third kappa shape index (κ3) is 4.15. The van der Waals surface area contributed by atoms with Crippen LogP contribution in [0.5, 0.6) is 5.75 Å². The van der Waals surface area contributed by atoms with Gasteiger partial charge in [-0.25, -0.2) is 9.59 Å². The summed E-state index contributed by atoms with van der Waals surface area (Å²) in [6.07, 6.45) is 0. The summed E-state index contributed by atoms with van der Waals surface area (Å²) in [7, 11) is 0. The number of hydrogen-bond donors (Lipinski definition) is 2. The van der Waals surface area contributed by atoms with Gasteiger partial charge in [0.2, 0.25) is 0 Å². The van der Waals surface area contributed by atoms with Gasteiger partial charge in [0.05, 0.1) is 11.1 Å². The Hall–Kier alpha value is -3.31. The van der Waals surface area contributed by atoms with Crippen molar-refractivity contribution in [1.29, 1.82) is 0 Å². The topological polar surface area (TPSA) is 83.8 Å². The van der Waals surface area contributed by atoms with Gasteiger partial charge in [-0.05, 0) is 60.0 Å². The molecule has 0 bridgehead atoms. The maximum Gasteiger partial charge on any atom is 0.336 e. The Bertz CT molecular complexity index is 1010. The summed E-state index contributed by atoms with van der Waals surface area (Å²) in [6.45, 7) is 1.81. The van der Waals surface area contributed by atoms with Crippen LogP contribution in [0.4, 0.5) is 0 Å². The fourth-order valence-corrected chi connectivity index (χ4v) is 3.12. The monoisotopic (exact) mass is 396 g/mol. The molecule has 0 atom stereocenters. The molecule has 2 N–H and O–H groups in total. The average Bonchev–Trinajstić information content (AvgIpc) is 2.67. The molecule has 0 aliphatic heterocycles. The Kier molecular flexibility index (Phi) is 5.66. The van der Waals surface area contributed by atoms with Crippen LogP contribution in [-0.4, -0.2) is 22.2 Å². The number of benzene rings is 3. The summed E-state index contributed by atoms with van der Waals surface area (Å²) in [4.78, 5) is 23.6. The van der Waals surface area contributed by atoms with Crippen molar-refractivity contribution in [1.82, 2.24) is 0 Å². The zero-order chi connectivity index (χ0) is 20.3. The predicted octanol–water partition coefficient (Wildman–Crippen LogP) is 5.29. The lowest BCUT2D eigenvalue weighted by molar-refractivity contribution is 0.0696. The summed E-state index contributed by atoms with van der Waals surface area (Å²) >= 11 is 5.87. The summed E-state index contributed by atoms with van der Waals surface area (Å²) in [5, 5.41) is 19.9. The van der Waals surface area contributed by atoms with Crippen molar-refractivity contribution >= 4 is 23.5 Å². The van der Waals surface area contributed by atoms with Crippen LogP contribution < -0.4 is 4.74 Å². The van der Waals surface area contributed by atoms with Crippen molar-refractivity contribution in [3.63, 3.8) is 0 Å². The van der Waals surface area contributed by atoms with E-state index in [1.165, 1.54) is 12.1 Å². The molecular weight excluding hydrogens is 380 g/mol. The van der Waals surface area contributed by atoms with Gasteiger partial charge in [0.1, 0.15) is 12.4 Å². The molecule has 5 nitrogen and oxygen atoms in total. The van der Waals surface area contributed by atoms with Crippen molar-refractivity contribution in [2.75, 3.05) is 0 Å². The molecule has 0 spiro atoms. The first kappa shape index (κ1) is 19.5. The minimum Gasteiger partial charge on any atom is -0.489 e. The standard InChI is InChI=1S/C22H17ClO5/c1-13-10-18(21(24)25)20(19(11-13)22(26)27)17-5-3-2-4-14(17)12-28-16-8-6-15(23)7-9-16/h2-11H,12H2,1H3,(H,24,25)(H,26,27). The van der Waals surface area contributed by atoms with E-state index < -0.39 is 11.9 Å². The molecule has 0 saturated carbocycles. The Balaban J connectivity index is 2.08.